The molecule has 0 aromatic heterocycles. The molecule has 2 rings (SSSR count). The van der Waals surface area contributed by atoms with Gasteiger partial charge < -0.3 is 10.2 Å². The Morgan fingerprint density at radius 3 is 2.19 bits per heavy atom. The first kappa shape index (κ1) is 20.0. The van der Waals surface area contributed by atoms with E-state index in [4.69, 9.17) is 0 Å². The molecule has 0 radical (unpaired) electrons. The highest BCUT2D eigenvalue weighted by molar-refractivity contribution is 7.99. The Hall–Kier alpha value is -2.34. The van der Waals surface area contributed by atoms with Crippen LogP contribution in [0.15, 0.2) is 48.5 Å². The van der Waals surface area contributed by atoms with Crippen LogP contribution in [-0.2, 0) is 10.5 Å². The summed E-state index contributed by atoms with van der Waals surface area (Å²) in [7, 11) is 0. The van der Waals surface area contributed by atoms with Crippen LogP contribution in [0.1, 0.15) is 29.8 Å². The molecule has 0 aliphatic heterocycles. The molecule has 0 fully saturated rings. The molecule has 0 atom stereocenters. The molecule has 0 saturated heterocycles. The monoisotopic (exact) mass is 374 g/mol. The van der Waals surface area contributed by atoms with Gasteiger partial charge in [0.2, 0.25) is 5.91 Å². The number of hydrogen-bond donors (Lipinski definition) is 1. The zero-order valence-electron chi connectivity index (χ0n) is 15.0. The number of nitrogens with zero attached hydrogens (tertiary/aromatic N) is 1. The first-order valence-corrected chi connectivity index (χ1v) is 9.70. The average molecular weight is 374 g/mol. The van der Waals surface area contributed by atoms with E-state index in [1.165, 1.54) is 36.0 Å². The Morgan fingerprint density at radius 2 is 1.62 bits per heavy atom. The van der Waals surface area contributed by atoms with E-state index in [-0.39, 0.29) is 17.6 Å². The fourth-order valence-corrected chi connectivity index (χ4v) is 3.22. The number of carbonyl (C=O) groups excluding carboxylic acids is 2. The first-order valence-electron chi connectivity index (χ1n) is 8.54. The fourth-order valence-electron chi connectivity index (χ4n) is 2.43. The minimum Gasteiger partial charge on any atom is -0.339 e. The number of halogens is 1. The van der Waals surface area contributed by atoms with Gasteiger partial charge in [-0.15, -0.1) is 11.8 Å². The molecule has 0 aliphatic rings. The topological polar surface area (TPSA) is 49.4 Å². The predicted molar refractivity (Wildman–Crippen MR) is 105 cm³/mol. The second kappa shape index (κ2) is 9.97. The van der Waals surface area contributed by atoms with Crippen LogP contribution in [0.25, 0.3) is 0 Å². The van der Waals surface area contributed by atoms with E-state index in [0.29, 0.717) is 35.8 Å². The van der Waals surface area contributed by atoms with Crippen LogP contribution in [0.4, 0.5) is 10.1 Å². The van der Waals surface area contributed by atoms with E-state index in [1.807, 2.05) is 38.1 Å². The van der Waals surface area contributed by atoms with Gasteiger partial charge in [0.1, 0.15) is 5.82 Å². The van der Waals surface area contributed by atoms with Crippen LogP contribution in [0.2, 0.25) is 0 Å². The number of hydrogen-bond acceptors (Lipinski definition) is 3. The molecular formula is C20H23FN2O2S. The second-order valence-corrected chi connectivity index (χ2v) is 6.71. The maximum absolute atomic E-state index is 12.8. The molecule has 0 heterocycles. The summed E-state index contributed by atoms with van der Waals surface area (Å²) in [5, 5.41) is 2.73. The lowest BCUT2D eigenvalue weighted by atomic mass is 10.1. The summed E-state index contributed by atoms with van der Waals surface area (Å²) < 4.78 is 12.8. The van der Waals surface area contributed by atoms with Crippen molar-refractivity contribution >= 4 is 29.3 Å². The lowest BCUT2D eigenvalue weighted by molar-refractivity contribution is -0.113. The first-order chi connectivity index (χ1) is 12.5. The van der Waals surface area contributed by atoms with Crippen molar-refractivity contribution in [3.8, 4) is 0 Å². The van der Waals surface area contributed by atoms with Gasteiger partial charge in [0.15, 0.2) is 0 Å². The van der Waals surface area contributed by atoms with Crippen molar-refractivity contribution in [2.75, 3.05) is 24.2 Å². The van der Waals surface area contributed by atoms with Crippen molar-refractivity contribution in [1.29, 1.82) is 0 Å². The molecule has 138 valence electrons. The molecule has 4 nitrogen and oxygen atoms in total. The molecule has 0 aliphatic carbocycles. The average Bonchev–Trinajstić information content (AvgIpc) is 2.65. The molecule has 2 aromatic carbocycles. The van der Waals surface area contributed by atoms with E-state index >= 15 is 0 Å². The molecule has 0 saturated carbocycles. The Morgan fingerprint density at radius 1 is 1.00 bits per heavy atom. The summed E-state index contributed by atoms with van der Waals surface area (Å²) in [5.41, 5.74) is 2.31. The number of carbonyl (C=O) groups is 2. The molecule has 0 bridgehead atoms. The summed E-state index contributed by atoms with van der Waals surface area (Å²) in [4.78, 5) is 25.9. The maximum Gasteiger partial charge on any atom is 0.253 e. The van der Waals surface area contributed by atoms with Gasteiger partial charge >= 0.3 is 0 Å². The van der Waals surface area contributed by atoms with Gasteiger partial charge in [-0.1, -0.05) is 12.1 Å². The van der Waals surface area contributed by atoms with Gasteiger partial charge in [-0.3, -0.25) is 9.59 Å². The van der Waals surface area contributed by atoms with E-state index in [1.54, 1.807) is 4.90 Å². The van der Waals surface area contributed by atoms with Crippen LogP contribution in [-0.4, -0.2) is 35.6 Å². The fraction of sp³-hybridized carbons (Fsp3) is 0.300. The van der Waals surface area contributed by atoms with Crippen LogP contribution in [0.5, 0.6) is 0 Å². The third-order valence-electron chi connectivity index (χ3n) is 3.88. The summed E-state index contributed by atoms with van der Waals surface area (Å²) in [6, 6.07) is 13.2. The lowest BCUT2D eigenvalue weighted by Crippen LogP contribution is -2.30. The molecule has 6 heteroatoms. The van der Waals surface area contributed by atoms with Crippen molar-refractivity contribution in [2.24, 2.45) is 0 Å². The molecule has 2 amide bonds. The van der Waals surface area contributed by atoms with Crippen molar-refractivity contribution in [1.82, 2.24) is 4.90 Å². The predicted octanol–water partition coefficient (Wildman–Crippen LogP) is 4.18. The van der Waals surface area contributed by atoms with E-state index in [9.17, 15) is 14.0 Å². The van der Waals surface area contributed by atoms with Crippen molar-refractivity contribution in [3.63, 3.8) is 0 Å². The van der Waals surface area contributed by atoms with Gasteiger partial charge in [0, 0.05) is 30.1 Å². The molecular weight excluding hydrogens is 351 g/mol. The van der Waals surface area contributed by atoms with Gasteiger partial charge in [-0.05, 0) is 55.8 Å². The minimum absolute atomic E-state index is 0.0351. The number of benzene rings is 2. The van der Waals surface area contributed by atoms with E-state index in [0.717, 1.165) is 5.56 Å². The number of thioether (sulfide) groups is 1. The van der Waals surface area contributed by atoms with Gasteiger partial charge in [0.05, 0.1) is 5.75 Å². The highest BCUT2D eigenvalue weighted by Crippen LogP contribution is 2.15. The number of rotatable bonds is 8. The third-order valence-corrected chi connectivity index (χ3v) is 4.89. The molecule has 26 heavy (non-hydrogen) atoms. The molecule has 0 unspecified atom stereocenters. The molecule has 0 spiro atoms. The zero-order valence-corrected chi connectivity index (χ0v) is 15.8. The summed E-state index contributed by atoms with van der Waals surface area (Å²) >= 11 is 1.48. The van der Waals surface area contributed by atoms with Crippen LogP contribution in [0.3, 0.4) is 0 Å². The lowest BCUT2D eigenvalue weighted by Gasteiger charge is -2.18. The smallest absolute Gasteiger partial charge is 0.253 e. The Kier molecular flexibility index (Phi) is 7.66. The van der Waals surface area contributed by atoms with E-state index < -0.39 is 0 Å². The summed E-state index contributed by atoms with van der Waals surface area (Å²) in [6.45, 7) is 5.30. The molecule has 2 aromatic rings. The zero-order chi connectivity index (χ0) is 18.9. The Balaban J connectivity index is 1.79. The largest absolute Gasteiger partial charge is 0.339 e. The van der Waals surface area contributed by atoms with E-state index in [2.05, 4.69) is 5.32 Å². The highest BCUT2D eigenvalue weighted by Gasteiger charge is 2.12. The SMILES string of the molecule is CCN(CC)C(=O)c1ccc(CSCC(=O)Nc2ccc(F)cc2)cc1. The Labute approximate surface area is 157 Å². The quantitative estimate of drug-likeness (QED) is 0.754. The maximum atomic E-state index is 12.8. The summed E-state index contributed by atoms with van der Waals surface area (Å²) in [6.07, 6.45) is 0. The van der Waals surface area contributed by atoms with Crippen LogP contribution >= 0.6 is 11.8 Å². The normalized spacial score (nSPS) is 10.4. The van der Waals surface area contributed by atoms with Gasteiger partial charge in [0.25, 0.3) is 5.91 Å². The summed E-state index contributed by atoms with van der Waals surface area (Å²) in [5.74, 6) is 0.553. The third kappa shape index (κ3) is 5.88. The number of amides is 2. The van der Waals surface area contributed by atoms with Crippen LogP contribution < -0.4 is 5.32 Å². The number of nitrogens with one attached hydrogen (secondary N) is 1. The standard InChI is InChI=1S/C20H23FN2O2S/c1-3-23(4-2)20(25)16-7-5-15(6-8-16)13-26-14-19(24)22-18-11-9-17(21)10-12-18/h5-12H,3-4,13-14H2,1-2H3,(H,22,24). The van der Waals surface area contributed by atoms with Gasteiger partial charge in [-0.25, -0.2) is 4.39 Å². The van der Waals surface area contributed by atoms with Crippen molar-refractivity contribution < 1.29 is 14.0 Å². The number of anilines is 1. The van der Waals surface area contributed by atoms with Crippen molar-refractivity contribution in [3.05, 3.63) is 65.5 Å². The molecule has 1 N–H and O–H groups in total. The minimum atomic E-state index is -0.333. The van der Waals surface area contributed by atoms with Gasteiger partial charge in [-0.2, -0.15) is 0 Å². The van der Waals surface area contributed by atoms with Crippen LogP contribution in [0, 0.1) is 5.82 Å². The van der Waals surface area contributed by atoms with Crippen molar-refractivity contribution in [2.45, 2.75) is 19.6 Å². The Bertz CT molecular complexity index is 728. The second-order valence-electron chi connectivity index (χ2n) is 5.72. The highest BCUT2D eigenvalue weighted by atomic mass is 32.2.